The van der Waals surface area contributed by atoms with Gasteiger partial charge < -0.3 is 14.8 Å². The van der Waals surface area contributed by atoms with Crippen LogP contribution in [0.15, 0.2) is 47.6 Å². The van der Waals surface area contributed by atoms with Gasteiger partial charge in [0.05, 0.1) is 30.0 Å². The van der Waals surface area contributed by atoms with Crippen LogP contribution in [0.25, 0.3) is 0 Å². The third-order valence-corrected chi connectivity index (χ3v) is 4.11. The summed E-state index contributed by atoms with van der Waals surface area (Å²) >= 11 is 1.06. The molecule has 2 rings (SSSR count). The third-order valence-electron chi connectivity index (χ3n) is 3.17. The van der Waals surface area contributed by atoms with E-state index in [1.807, 2.05) is 0 Å². The Balaban J connectivity index is 1.65. The number of hydrogen-bond acceptors (Lipinski definition) is 5. The Labute approximate surface area is 152 Å². The molecule has 2 aromatic rings. The molecule has 0 spiro atoms. The molecule has 0 fully saturated rings. The van der Waals surface area contributed by atoms with Crippen LogP contribution in [0.1, 0.15) is 5.56 Å². The molecule has 0 unspecified atom stereocenters. The van der Waals surface area contributed by atoms with Gasteiger partial charge in [0.1, 0.15) is 18.1 Å². The highest BCUT2D eigenvalue weighted by atomic mass is 32.2. The normalized spacial score (nSPS) is 11.1. The number of halogens is 3. The first-order valence-electron chi connectivity index (χ1n) is 7.58. The molecule has 1 amide bonds. The molecule has 1 heterocycles. The van der Waals surface area contributed by atoms with Crippen molar-refractivity contribution in [2.24, 2.45) is 0 Å². The van der Waals surface area contributed by atoms with Crippen LogP contribution in [0.5, 0.6) is 11.5 Å². The fourth-order valence-corrected chi connectivity index (χ4v) is 2.53. The second kappa shape index (κ2) is 9.33. The van der Waals surface area contributed by atoms with Gasteiger partial charge in [-0.05, 0) is 36.4 Å². The Bertz CT molecular complexity index is 707. The summed E-state index contributed by atoms with van der Waals surface area (Å²) in [5.74, 6) is 1.18. The van der Waals surface area contributed by atoms with Gasteiger partial charge in [0.25, 0.3) is 0 Å². The second-order valence-corrected chi connectivity index (χ2v) is 6.04. The predicted molar refractivity (Wildman–Crippen MR) is 91.5 cm³/mol. The van der Waals surface area contributed by atoms with Crippen LogP contribution in [-0.2, 0) is 11.0 Å². The summed E-state index contributed by atoms with van der Waals surface area (Å²) in [6, 6.07) is 9.23. The fraction of sp³-hybridized carbons (Fsp3) is 0.294. The van der Waals surface area contributed by atoms with Gasteiger partial charge in [0, 0.05) is 6.20 Å². The molecule has 5 nitrogen and oxygen atoms in total. The molecular weight excluding hydrogens is 369 g/mol. The Morgan fingerprint density at radius 3 is 2.42 bits per heavy atom. The van der Waals surface area contributed by atoms with Crippen molar-refractivity contribution in [1.82, 2.24) is 10.3 Å². The highest BCUT2D eigenvalue weighted by Crippen LogP contribution is 2.29. The highest BCUT2D eigenvalue weighted by Gasteiger charge is 2.30. The quantitative estimate of drug-likeness (QED) is 0.557. The summed E-state index contributed by atoms with van der Waals surface area (Å²) in [5, 5.41) is 3.01. The van der Waals surface area contributed by atoms with Gasteiger partial charge in [-0.25, -0.2) is 4.98 Å². The van der Waals surface area contributed by atoms with Crippen molar-refractivity contribution in [3.8, 4) is 11.5 Å². The fourth-order valence-electron chi connectivity index (χ4n) is 1.86. The minimum Gasteiger partial charge on any atom is -0.497 e. The SMILES string of the molecule is COc1ccc(OCCNC(=O)CSc2ccc(C(F)(F)F)cn2)cc1. The van der Waals surface area contributed by atoms with E-state index in [1.165, 1.54) is 6.07 Å². The van der Waals surface area contributed by atoms with Gasteiger partial charge >= 0.3 is 6.18 Å². The molecule has 0 aliphatic rings. The molecule has 9 heteroatoms. The van der Waals surface area contributed by atoms with Gasteiger partial charge in [-0.3, -0.25) is 4.79 Å². The standard InChI is InChI=1S/C17H17F3N2O3S/c1-24-13-3-5-14(6-4-13)25-9-8-21-15(23)11-26-16-7-2-12(10-22-16)17(18,19)20/h2-7,10H,8-9,11H2,1H3,(H,21,23). The van der Waals surface area contributed by atoms with E-state index in [0.717, 1.165) is 29.8 Å². The molecular formula is C17H17F3N2O3S. The van der Waals surface area contributed by atoms with Crippen LogP contribution in [0, 0.1) is 0 Å². The van der Waals surface area contributed by atoms with Crippen molar-refractivity contribution in [2.75, 3.05) is 26.0 Å². The zero-order valence-electron chi connectivity index (χ0n) is 13.9. The van der Waals surface area contributed by atoms with Gasteiger partial charge in [-0.1, -0.05) is 11.8 Å². The number of hydrogen-bond donors (Lipinski definition) is 1. The maximum absolute atomic E-state index is 12.4. The van der Waals surface area contributed by atoms with Gasteiger partial charge in [0.2, 0.25) is 5.91 Å². The Morgan fingerprint density at radius 2 is 1.85 bits per heavy atom. The monoisotopic (exact) mass is 386 g/mol. The maximum Gasteiger partial charge on any atom is 0.417 e. The molecule has 0 aliphatic carbocycles. The predicted octanol–water partition coefficient (Wildman–Crippen LogP) is 3.40. The van der Waals surface area contributed by atoms with Gasteiger partial charge in [0.15, 0.2) is 0 Å². The lowest BCUT2D eigenvalue weighted by Crippen LogP contribution is -2.29. The van der Waals surface area contributed by atoms with E-state index in [4.69, 9.17) is 9.47 Å². The number of carbonyl (C=O) groups is 1. The van der Waals surface area contributed by atoms with Crippen molar-refractivity contribution in [1.29, 1.82) is 0 Å². The number of nitrogens with one attached hydrogen (secondary N) is 1. The average molecular weight is 386 g/mol. The molecule has 0 saturated carbocycles. The average Bonchev–Trinajstić information content (AvgIpc) is 2.63. The van der Waals surface area contributed by atoms with E-state index in [9.17, 15) is 18.0 Å². The second-order valence-electron chi connectivity index (χ2n) is 5.05. The summed E-state index contributed by atoms with van der Waals surface area (Å²) < 4.78 is 47.8. The summed E-state index contributed by atoms with van der Waals surface area (Å²) in [4.78, 5) is 15.4. The molecule has 0 atom stereocenters. The lowest BCUT2D eigenvalue weighted by atomic mass is 10.3. The van der Waals surface area contributed by atoms with Crippen LogP contribution < -0.4 is 14.8 Å². The number of rotatable bonds is 8. The van der Waals surface area contributed by atoms with Crippen molar-refractivity contribution in [2.45, 2.75) is 11.2 Å². The molecule has 1 N–H and O–H groups in total. The van der Waals surface area contributed by atoms with Crippen LogP contribution >= 0.6 is 11.8 Å². The number of carbonyl (C=O) groups excluding carboxylic acids is 1. The lowest BCUT2D eigenvalue weighted by Gasteiger charge is -2.09. The number of methoxy groups -OCH3 is 1. The number of alkyl halides is 3. The number of benzene rings is 1. The number of amides is 1. The molecule has 26 heavy (non-hydrogen) atoms. The number of pyridine rings is 1. The van der Waals surface area contributed by atoms with E-state index in [2.05, 4.69) is 10.3 Å². The molecule has 0 bridgehead atoms. The van der Waals surface area contributed by atoms with Crippen LogP contribution in [0.4, 0.5) is 13.2 Å². The highest BCUT2D eigenvalue weighted by molar-refractivity contribution is 7.99. The van der Waals surface area contributed by atoms with E-state index < -0.39 is 11.7 Å². The topological polar surface area (TPSA) is 60.5 Å². The third kappa shape index (κ3) is 6.47. The minimum absolute atomic E-state index is 0.0564. The Morgan fingerprint density at radius 1 is 1.15 bits per heavy atom. The maximum atomic E-state index is 12.4. The van der Waals surface area contributed by atoms with Crippen LogP contribution in [0.2, 0.25) is 0 Å². The molecule has 0 saturated heterocycles. The van der Waals surface area contributed by atoms with Crippen LogP contribution in [-0.4, -0.2) is 36.9 Å². The van der Waals surface area contributed by atoms with E-state index in [0.29, 0.717) is 23.9 Å². The van der Waals surface area contributed by atoms with E-state index in [-0.39, 0.29) is 11.7 Å². The van der Waals surface area contributed by atoms with Crippen molar-refractivity contribution in [3.63, 3.8) is 0 Å². The van der Waals surface area contributed by atoms with E-state index in [1.54, 1.807) is 31.4 Å². The summed E-state index contributed by atoms with van der Waals surface area (Å²) in [5.41, 5.74) is -0.818. The van der Waals surface area contributed by atoms with Crippen molar-refractivity contribution < 1.29 is 27.4 Å². The van der Waals surface area contributed by atoms with Gasteiger partial charge in [-0.2, -0.15) is 13.2 Å². The summed E-state index contributed by atoms with van der Waals surface area (Å²) in [6.45, 7) is 0.604. The smallest absolute Gasteiger partial charge is 0.417 e. The molecule has 140 valence electrons. The van der Waals surface area contributed by atoms with Crippen LogP contribution in [0.3, 0.4) is 0 Å². The van der Waals surface area contributed by atoms with Crippen molar-refractivity contribution >= 4 is 17.7 Å². The first kappa shape index (κ1) is 19.9. The van der Waals surface area contributed by atoms with E-state index >= 15 is 0 Å². The minimum atomic E-state index is -4.42. The number of thioether (sulfide) groups is 1. The molecule has 1 aromatic heterocycles. The largest absolute Gasteiger partial charge is 0.497 e. The Hall–Kier alpha value is -2.42. The zero-order valence-corrected chi connectivity index (χ0v) is 14.7. The van der Waals surface area contributed by atoms with Gasteiger partial charge in [-0.15, -0.1) is 0 Å². The molecule has 0 radical (unpaired) electrons. The summed E-state index contributed by atoms with van der Waals surface area (Å²) in [7, 11) is 1.57. The molecule has 1 aromatic carbocycles. The summed E-state index contributed by atoms with van der Waals surface area (Å²) in [6.07, 6.45) is -3.67. The first-order chi connectivity index (χ1) is 12.4. The first-order valence-corrected chi connectivity index (χ1v) is 8.56. The van der Waals surface area contributed by atoms with Crippen molar-refractivity contribution in [3.05, 3.63) is 48.2 Å². The number of aromatic nitrogens is 1. The number of ether oxygens (including phenoxy) is 2. The lowest BCUT2D eigenvalue weighted by molar-refractivity contribution is -0.137. The Kier molecular flexibility index (Phi) is 7.14. The zero-order chi connectivity index (χ0) is 19.0. The number of nitrogens with zero attached hydrogens (tertiary/aromatic N) is 1. The molecule has 0 aliphatic heterocycles.